The van der Waals surface area contributed by atoms with E-state index >= 15 is 0 Å². The summed E-state index contributed by atoms with van der Waals surface area (Å²) in [6.45, 7) is 0.139. The van der Waals surface area contributed by atoms with E-state index in [4.69, 9.17) is 5.11 Å². The van der Waals surface area contributed by atoms with E-state index in [2.05, 4.69) is 5.32 Å². The fourth-order valence-corrected chi connectivity index (χ4v) is 1.56. The van der Waals surface area contributed by atoms with Crippen molar-refractivity contribution in [2.24, 2.45) is 0 Å². The Bertz CT molecular complexity index is 559. The molecule has 0 spiro atoms. The van der Waals surface area contributed by atoms with Crippen LogP contribution in [0.5, 0.6) is 0 Å². The zero-order valence-electron chi connectivity index (χ0n) is 11.6. The summed E-state index contributed by atoms with van der Waals surface area (Å²) >= 11 is 0. The Balaban J connectivity index is 2.68. The van der Waals surface area contributed by atoms with Gasteiger partial charge in [-0.15, -0.1) is 0 Å². The Morgan fingerprint density at radius 3 is 2.52 bits per heavy atom. The van der Waals surface area contributed by atoms with Crippen LogP contribution < -0.4 is 5.32 Å². The lowest BCUT2D eigenvalue weighted by Gasteiger charge is -2.17. The van der Waals surface area contributed by atoms with E-state index in [9.17, 15) is 18.4 Å². The Hall–Kier alpha value is -2.28. The number of aliphatic carboxylic acids is 1. The second kappa shape index (κ2) is 7.49. The van der Waals surface area contributed by atoms with Crippen molar-refractivity contribution >= 4 is 18.0 Å². The minimum Gasteiger partial charge on any atom is -0.480 e. The van der Waals surface area contributed by atoms with Crippen molar-refractivity contribution in [1.29, 1.82) is 0 Å². The SMILES string of the molecule is CN(C)CC(NC(=O)C=Cc1ccc(F)c(F)c1)C(=O)O. The smallest absolute Gasteiger partial charge is 0.327 e. The van der Waals surface area contributed by atoms with Crippen LogP contribution in [0.3, 0.4) is 0 Å². The van der Waals surface area contributed by atoms with E-state index in [1.807, 2.05) is 0 Å². The molecule has 7 heteroatoms. The van der Waals surface area contributed by atoms with Gasteiger partial charge in [0.05, 0.1) is 0 Å². The molecule has 0 aliphatic carbocycles. The molecule has 1 rings (SSSR count). The van der Waals surface area contributed by atoms with E-state index in [0.717, 1.165) is 18.2 Å². The zero-order chi connectivity index (χ0) is 16.0. The monoisotopic (exact) mass is 298 g/mol. The molecule has 5 nitrogen and oxygen atoms in total. The summed E-state index contributed by atoms with van der Waals surface area (Å²) in [6, 6.07) is 2.13. The first-order valence-electron chi connectivity index (χ1n) is 6.10. The van der Waals surface area contributed by atoms with Gasteiger partial charge in [-0.25, -0.2) is 13.6 Å². The lowest BCUT2D eigenvalue weighted by Crippen LogP contribution is -2.46. The maximum atomic E-state index is 13.0. The molecule has 1 aromatic rings. The number of benzene rings is 1. The molecule has 0 aliphatic rings. The first-order chi connectivity index (χ1) is 9.79. The zero-order valence-corrected chi connectivity index (χ0v) is 11.6. The molecule has 0 saturated heterocycles. The van der Waals surface area contributed by atoms with E-state index in [-0.39, 0.29) is 6.54 Å². The predicted octanol–water partition coefficient (Wildman–Crippen LogP) is 1.11. The first-order valence-corrected chi connectivity index (χ1v) is 6.10. The second-order valence-electron chi connectivity index (χ2n) is 4.67. The fraction of sp³-hybridized carbons (Fsp3) is 0.286. The minimum absolute atomic E-state index is 0.139. The van der Waals surface area contributed by atoms with Crippen LogP contribution in [-0.4, -0.2) is 48.6 Å². The fourth-order valence-electron chi connectivity index (χ4n) is 1.56. The van der Waals surface area contributed by atoms with Gasteiger partial charge in [0.1, 0.15) is 6.04 Å². The number of hydrogen-bond acceptors (Lipinski definition) is 3. The van der Waals surface area contributed by atoms with Gasteiger partial charge in [0.15, 0.2) is 11.6 Å². The third-order valence-corrected chi connectivity index (χ3v) is 2.53. The molecule has 1 atom stereocenters. The predicted molar refractivity (Wildman–Crippen MR) is 73.5 cm³/mol. The van der Waals surface area contributed by atoms with Gasteiger partial charge in [-0.3, -0.25) is 4.79 Å². The number of carboxylic acids is 1. The van der Waals surface area contributed by atoms with Crippen molar-refractivity contribution in [3.63, 3.8) is 0 Å². The Labute approximate surface area is 120 Å². The van der Waals surface area contributed by atoms with Crippen LogP contribution >= 0.6 is 0 Å². The molecule has 0 fully saturated rings. The summed E-state index contributed by atoms with van der Waals surface area (Å²) in [7, 11) is 3.36. The molecule has 2 N–H and O–H groups in total. The largest absolute Gasteiger partial charge is 0.480 e. The number of hydrogen-bond donors (Lipinski definition) is 2. The maximum absolute atomic E-state index is 13.0. The molecule has 0 saturated carbocycles. The second-order valence-corrected chi connectivity index (χ2v) is 4.67. The van der Waals surface area contributed by atoms with Crippen LogP contribution in [0, 0.1) is 11.6 Å². The molecule has 114 valence electrons. The van der Waals surface area contributed by atoms with E-state index in [0.29, 0.717) is 5.56 Å². The van der Waals surface area contributed by atoms with Crippen LogP contribution in [0.2, 0.25) is 0 Å². The number of rotatable bonds is 6. The number of nitrogens with one attached hydrogen (secondary N) is 1. The third kappa shape index (κ3) is 5.70. The number of carbonyl (C=O) groups is 2. The molecule has 0 aromatic heterocycles. The first kappa shape index (κ1) is 16.8. The number of likely N-dealkylation sites (N-methyl/N-ethyl adjacent to an activating group) is 1. The maximum Gasteiger partial charge on any atom is 0.327 e. The van der Waals surface area contributed by atoms with Crippen LogP contribution in [0.25, 0.3) is 6.08 Å². The van der Waals surface area contributed by atoms with Gasteiger partial charge in [-0.1, -0.05) is 6.07 Å². The highest BCUT2D eigenvalue weighted by Crippen LogP contribution is 2.09. The molecule has 0 aliphatic heterocycles. The van der Waals surface area contributed by atoms with Crippen LogP contribution in [0.1, 0.15) is 5.56 Å². The number of halogens is 2. The Morgan fingerprint density at radius 1 is 1.33 bits per heavy atom. The quantitative estimate of drug-likeness (QED) is 0.772. The number of carbonyl (C=O) groups excluding carboxylic acids is 1. The summed E-state index contributed by atoms with van der Waals surface area (Å²) in [4.78, 5) is 24.2. The average Bonchev–Trinajstić information content (AvgIpc) is 2.38. The van der Waals surface area contributed by atoms with Gasteiger partial charge in [-0.05, 0) is 37.9 Å². The Kier molecular flexibility index (Phi) is 5.98. The molecule has 0 radical (unpaired) electrons. The molecule has 0 heterocycles. The van der Waals surface area contributed by atoms with Crippen LogP contribution in [0.15, 0.2) is 24.3 Å². The van der Waals surface area contributed by atoms with Gasteiger partial charge < -0.3 is 15.3 Å². The van der Waals surface area contributed by atoms with Crippen LogP contribution in [-0.2, 0) is 9.59 Å². The molecular formula is C14H16F2N2O3. The number of nitrogens with zero attached hydrogens (tertiary/aromatic N) is 1. The van der Waals surface area contributed by atoms with E-state index in [1.54, 1.807) is 19.0 Å². The molecular weight excluding hydrogens is 282 g/mol. The van der Waals surface area contributed by atoms with Crippen molar-refractivity contribution in [1.82, 2.24) is 10.2 Å². The number of carboxylic acid groups (broad SMARTS) is 1. The van der Waals surface area contributed by atoms with E-state index in [1.165, 1.54) is 12.1 Å². The normalized spacial score (nSPS) is 12.6. The van der Waals surface area contributed by atoms with Crippen molar-refractivity contribution in [2.45, 2.75) is 6.04 Å². The average molecular weight is 298 g/mol. The van der Waals surface area contributed by atoms with E-state index < -0.39 is 29.6 Å². The van der Waals surface area contributed by atoms with Crippen molar-refractivity contribution in [2.75, 3.05) is 20.6 Å². The van der Waals surface area contributed by atoms with Crippen molar-refractivity contribution in [3.05, 3.63) is 41.5 Å². The molecule has 21 heavy (non-hydrogen) atoms. The third-order valence-electron chi connectivity index (χ3n) is 2.53. The summed E-state index contributed by atoms with van der Waals surface area (Å²) in [5.41, 5.74) is 0.295. The lowest BCUT2D eigenvalue weighted by atomic mass is 10.2. The van der Waals surface area contributed by atoms with Crippen LogP contribution in [0.4, 0.5) is 8.78 Å². The van der Waals surface area contributed by atoms with Crippen molar-refractivity contribution < 1.29 is 23.5 Å². The molecule has 1 aromatic carbocycles. The van der Waals surface area contributed by atoms with Gasteiger partial charge in [0.2, 0.25) is 5.91 Å². The van der Waals surface area contributed by atoms with Gasteiger partial charge in [0, 0.05) is 12.6 Å². The standard InChI is InChI=1S/C14H16F2N2O3/c1-18(2)8-12(14(20)21)17-13(19)6-4-9-3-5-10(15)11(16)7-9/h3-7,12H,8H2,1-2H3,(H,17,19)(H,20,21). The summed E-state index contributed by atoms with van der Waals surface area (Å²) in [5.74, 6) is -3.78. The lowest BCUT2D eigenvalue weighted by molar-refractivity contribution is -0.141. The van der Waals surface area contributed by atoms with Gasteiger partial charge >= 0.3 is 5.97 Å². The van der Waals surface area contributed by atoms with Gasteiger partial charge in [-0.2, -0.15) is 0 Å². The highest BCUT2D eigenvalue weighted by atomic mass is 19.2. The van der Waals surface area contributed by atoms with Crippen molar-refractivity contribution in [3.8, 4) is 0 Å². The molecule has 1 amide bonds. The summed E-state index contributed by atoms with van der Waals surface area (Å²) in [5, 5.41) is 11.3. The topological polar surface area (TPSA) is 69.6 Å². The Morgan fingerprint density at radius 2 is 2.00 bits per heavy atom. The summed E-state index contributed by atoms with van der Waals surface area (Å²) < 4.78 is 25.7. The number of amides is 1. The minimum atomic E-state index is -1.15. The highest BCUT2D eigenvalue weighted by molar-refractivity contribution is 5.94. The summed E-state index contributed by atoms with van der Waals surface area (Å²) in [6.07, 6.45) is 2.34. The molecule has 1 unspecified atom stereocenters. The highest BCUT2D eigenvalue weighted by Gasteiger charge is 2.19. The molecule has 0 bridgehead atoms. The van der Waals surface area contributed by atoms with Gasteiger partial charge in [0.25, 0.3) is 0 Å².